The Balaban J connectivity index is 1.83. The van der Waals surface area contributed by atoms with Crippen LogP contribution in [0.3, 0.4) is 0 Å². The van der Waals surface area contributed by atoms with Crippen molar-refractivity contribution >= 4 is 5.82 Å². The Labute approximate surface area is 112 Å². The van der Waals surface area contributed by atoms with Crippen molar-refractivity contribution in [2.75, 3.05) is 18.0 Å². The third-order valence-electron chi connectivity index (χ3n) is 3.62. The average molecular weight is 253 g/mol. The molecule has 1 aliphatic heterocycles. The number of aryl methyl sites for hydroxylation is 1. The summed E-state index contributed by atoms with van der Waals surface area (Å²) in [4.78, 5) is 10.9. The first-order valence-electron chi connectivity index (χ1n) is 6.37. The van der Waals surface area contributed by atoms with Crippen molar-refractivity contribution in [3.05, 3.63) is 42.1 Å². The first kappa shape index (κ1) is 11.7. The number of nitriles is 1. The van der Waals surface area contributed by atoms with E-state index in [-0.39, 0.29) is 0 Å². The van der Waals surface area contributed by atoms with Gasteiger partial charge in [0.15, 0.2) is 0 Å². The molecule has 0 amide bonds. The standard InChI is InChI=1S/C14H15N5/c1-18-8-6-17-13(18)12-4-7-19(10-12)14-11(9-15)3-2-5-16-14/h2-3,5-6,8,12H,4,7,10H2,1H3. The predicted octanol–water partition coefficient (Wildman–Crippen LogP) is 1.68. The molecule has 0 radical (unpaired) electrons. The van der Waals surface area contributed by atoms with E-state index < -0.39 is 0 Å². The SMILES string of the molecule is Cn1ccnc1C1CCN(c2ncccc2C#N)C1. The van der Waals surface area contributed by atoms with Gasteiger partial charge < -0.3 is 9.47 Å². The van der Waals surface area contributed by atoms with Crippen LogP contribution < -0.4 is 4.90 Å². The van der Waals surface area contributed by atoms with Gasteiger partial charge in [0.2, 0.25) is 0 Å². The lowest BCUT2D eigenvalue weighted by atomic mass is 10.1. The van der Waals surface area contributed by atoms with Crippen LogP contribution in [0.4, 0.5) is 5.82 Å². The summed E-state index contributed by atoms with van der Waals surface area (Å²) in [5.41, 5.74) is 0.642. The molecule has 1 unspecified atom stereocenters. The highest BCUT2D eigenvalue weighted by molar-refractivity contribution is 5.54. The summed E-state index contributed by atoms with van der Waals surface area (Å²) in [6, 6.07) is 5.82. The second kappa shape index (κ2) is 4.73. The topological polar surface area (TPSA) is 57.7 Å². The van der Waals surface area contributed by atoms with Crippen molar-refractivity contribution < 1.29 is 0 Å². The molecule has 1 saturated heterocycles. The molecular formula is C14H15N5. The molecule has 5 nitrogen and oxygen atoms in total. The monoisotopic (exact) mass is 253 g/mol. The van der Waals surface area contributed by atoms with Gasteiger partial charge in [0.05, 0.1) is 5.56 Å². The van der Waals surface area contributed by atoms with Crippen LogP contribution in [-0.4, -0.2) is 27.6 Å². The summed E-state index contributed by atoms with van der Waals surface area (Å²) in [5, 5.41) is 9.14. The highest BCUT2D eigenvalue weighted by Gasteiger charge is 2.28. The lowest BCUT2D eigenvalue weighted by molar-refractivity contribution is 0.665. The van der Waals surface area contributed by atoms with Gasteiger partial charge in [0, 0.05) is 44.6 Å². The number of imidazole rings is 1. The van der Waals surface area contributed by atoms with Crippen LogP contribution in [0.2, 0.25) is 0 Å². The Bertz CT molecular complexity index is 625. The minimum absolute atomic E-state index is 0.411. The number of nitrogens with zero attached hydrogens (tertiary/aromatic N) is 5. The highest BCUT2D eigenvalue weighted by atomic mass is 15.2. The molecule has 19 heavy (non-hydrogen) atoms. The number of anilines is 1. The summed E-state index contributed by atoms with van der Waals surface area (Å²) < 4.78 is 2.07. The maximum Gasteiger partial charge on any atom is 0.146 e. The second-order valence-electron chi connectivity index (χ2n) is 4.81. The zero-order valence-corrected chi connectivity index (χ0v) is 10.8. The van der Waals surface area contributed by atoms with E-state index >= 15 is 0 Å². The highest BCUT2D eigenvalue weighted by Crippen LogP contribution is 2.29. The maximum absolute atomic E-state index is 9.14. The second-order valence-corrected chi connectivity index (χ2v) is 4.81. The van der Waals surface area contributed by atoms with Gasteiger partial charge in [-0.15, -0.1) is 0 Å². The number of pyridine rings is 1. The van der Waals surface area contributed by atoms with Crippen LogP contribution >= 0.6 is 0 Å². The quantitative estimate of drug-likeness (QED) is 0.817. The summed E-state index contributed by atoms with van der Waals surface area (Å²) in [5.74, 6) is 2.31. The molecule has 1 fully saturated rings. The van der Waals surface area contributed by atoms with Gasteiger partial charge in [-0.25, -0.2) is 9.97 Å². The Kier molecular flexibility index (Phi) is 2.92. The Morgan fingerprint density at radius 2 is 2.26 bits per heavy atom. The van der Waals surface area contributed by atoms with Crippen molar-refractivity contribution in [3.63, 3.8) is 0 Å². The third-order valence-corrected chi connectivity index (χ3v) is 3.62. The van der Waals surface area contributed by atoms with Gasteiger partial charge in [-0.05, 0) is 18.6 Å². The van der Waals surface area contributed by atoms with E-state index in [1.807, 2.05) is 25.5 Å². The van der Waals surface area contributed by atoms with E-state index in [9.17, 15) is 0 Å². The molecule has 5 heteroatoms. The van der Waals surface area contributed by atoms with Gasteiger partial charge in [-0.2, -0.15) is 5.26 Å². The van der Waals surface area contributed by atoms with E-state index in [4.69, 9.17) is 5.26 Å². The van der Waals surface area contributed by atoms with Crippen LogP contribution in [0, 0.1) is 11.3 Å². The largest absolute Gasteiger partial charge is 0.355 e. The molecule has 1 aliphatic rings. The van der Waals surface area contributed by atoms with Gasteiger partial charge >= 0.3 is 0 Å². The van der Waals surface area contributed by atoms with Crippen LogP contribution in [0.25, 0.3) is 0 Å². The van der Waals surface area contributed by atoms with Gasteiger partial charge in [0.1, 0.15) is 17.7 Å². The smallest absolute Gasteiger partial charge is 0.146 e. The van der Waals surface area contributed by atoms with Gasteiger partial charge in [-0.3, -0.25) is 0 Å². The van der Waals surface area contributed by atoms with Crippen LogP contribution in [-0.2, 0) is 7.05 Å². The first-order chi connectivity index (χ1) is 9.29. The summed E-state index contributed by atoms with van der Waals surface area (Å²) in [6.07, 6.45) is 6.59. The molecule has 0 aliphatic carbocycles. The minimum Gasteiger partial charge on any atom is -0.355 e. The van der Waals surface area contributed by atoms with Crippen molar-refractivity contribution in [3.8, 4) is 6.07 Å². The lowest BCUT2D eigenvalue weighted by Gasteiger charge is -2.18. The fourth-order valence-corrected chi connectivity index (χ4v) is 2.67. The zero-order chi connectivity index (χ0) is 13.2. The van der Waals surface area contributed by atoms with E-state index in [0.29, 0.717) is 11.5 Å². The van der Waals surface area contributed by atoms with Crippen LogP contribution in [0.5, 0.6) is 0 Å². The molecular weight excluding hydrogens is 238 g/mol. The summed E-state index contributed by atoms with van der Waals surface area (Å²) in [6.45, 7) is 1.79. The Hall–Kier alpha value is -2.35. The van der Waals surface area contributed by atoms with Crippen molar-refractivity contribution in [2.24, 2.45) is 7.05 Å². The minimum atomic E-state index is 0.411. The molecule has 0 bridgehead atoms. The van der Waals surface area contributed by atoms with Crippen molar-refractivity contribution in [1.29, 1.82) is 5.26 Å². The number of aromatic nitrogens is 3. The fourth-order valence-electron chi connectivity index (χ4n) is 2.67. The molecule has 0 N–H and O–H groups in total. The number of hydrogen-bond donors (Lipinski definition) is 0. The molecule has 1 atom stereocenters. The van der Waals surface area contributed by atoms with E-state index in [1.165, 1.54) is 0 Å². The molecule has 96 valence electrons. The maximum atomic E-state index is 9.14. The van der Waals surface area contributed by atoms with Gasteiger partial charge in [-0.1, -0.05) is 0 Å². The van der Waals surface area contributed by atoms with Crippen LogP contribution in [0.15, 0.2) is 30.7 Å². The van der Waals surface area contributed by atoms with E-state index in [1.54, 1.807) is 12.3 Å². The average Bonchev–Trinajstić information content (AvgIpc) is 3.07. The van der Waals surface area contributed by atoms with Crippen LogP contribution in [0.1, 0.15) is 23.7 Å². The lowest BCUT2D eigenvalue weighted by Crippen LogP contribution is -2.22. The fraction of sp³-hybridized carbons (Fsp3) is 0.357. The van der Waals surface area contributed by atoms with Crippen molar-refractivity contribution in [1.82, 2.24) is 14.5 Å². The Morgan fingerprint density at radius 1 is 1.37 bits per heavy atom. The molecule has 2 aromatic heterocycles. The molecule has 0 saturated carbocycles. The molecule has 3 rings (SSSR count). The van der Waals surface area contributed by atoms with E-state index in [2.05, 4.69) is 25.5 Å². The summed E-state index contributed by atoms with van der Waals surface area (Å²) in [7, 11) is 2.02. The zero-order valence-electron chi connectivity index (χ0n) is 10.8. The molecule has 0 aromatic carbocycles. The number of rotatable bonds is 2. The first-order valence-corrected chi connectivity index (χ1v) is 6.37. The van der Waals surface area contributed by atoms with Gasteiger partial charge in [0.25, 0.3) is 0 Å². The normalized spacial score (nSPS) is 18.5. The molecule has 2 aromatic rings. The molecule has 3 heterocycles. The predicted molar refractivity (Wildman–Crippen MR) is 71.7 cm³/mol. The van der Waals surface area contributed by atoms with Crippen molar-refractivity contribution in [2.45, 2.75) is 12.3 Å². The third kappa shape index (κ3) is 2.06. The number of hydrogen-bond acceptors (Lipinski definition) is 4. The van der Waals surface area contributed by atoms with E-state index in [0.717, 1.165) is 31.2 Å². The summed E-state index contributed by atoms with van der Waals surface area (Å²) >= 11 is 0. The Morgan fingerprint density at radius 3 is 3.00 bits per heavy atom. The molecule has 0 spiro atoms.